The van der Waals surface area contributed by atoms with Crippen molar-refractivity contribution in [2.45, 2.75) is 44.6 Å². The predicted octanol–water partition coefficient (Wildman–Crippen LogP) is 4.71. The van der Waals surface area contributed by atoms with E-state index in [9.17, 15) is 0 Å². The summed E-state index contributed by atoms with van der Waals surface area (Å²) in [6, 6.07) is 10.1. The van der Waals surface area contributed by atoms with Gasteiger partial charge in [0.2, 0.25) is 0 Å². The molecule has 0 amide bonds. The van der Waals surface area contributed by atoms with Gasteiger partial charge in [-0.1, -0.05) is 37.1 Å². The molecule has 0 aliphatic heterocycles. The molecule has 2 nitrogen and oxygen atoms in total. The van der Waals surface area contributed by atoms with E-state index in [1.807, 2.05) is 18.2 Å². The molecule has 0 saturated carbocycles. The van der Waals surface area contributed by atoms with Crippen molar-refractivity contribution in [3.05, 3.63) is 47.7 Å². The van der Waals surface area contributed by atoms with E-state index in [1.165, 1.54) is 31.3 Å². The molecule has 0 radical (unpaired) electrons. The third-order valence-corrected chi connectivity index (χ3v) is 3.98. The van der Waals surface area contributed by atoms with Gasteiger partial charge in [0.25, 0.3) is 0 Å². The van der Waals surface area contributed by atoms with Crippen molar-refractivity contribution in [3.63, 3.8) is 0 Å². The summed E-state index contributed by atoms with van der Waals surface area (Å²) in [6.07, 6.45) is 9.81. The zero-order valence-corrected chi connectivity index (χ0v) is 11.3. The van der Waals surface area contributed by atoms with E-state index in [-0.39, 0.29) is 6.04 Å². The first-order valence-electron chi connectivity index (χ1n) is 7.27. The van der Waals surface area contributed by atoms with Gasteiger partial charge in [-0.25, -0.2) is 0 Å². The van der Waals surface area contributed by atoms with Crippen LogP contribution in [0.15, 0.2) is 46.4 Å². The third-order valence-electron chi connectivity index (χ3n) is 3.98. The van der Waals surface area contributed by atoms with Gasteiger partial charge in [-0.05, 0) is 43.4 Å². The second-order valence-electron chi connectivity index (χ2n) is 5.40. The molecular formula is C17H21NO. The molecule has 1 aromatic heterocycles. The lowest BCUT2D eigenvalue weighted by molar-refractivity contribution is 0.506. The first-order valence-corrected chi connectivity index (χ1v) is 7.27. The van der Waals surface area contributed by atoms with Crippen molar-refractivity contribution in [3.8, 4) is 0 Å². The van der Waals surface area contributed by atoms with Crippen LogP contribution in [0.4, 0.5) is 0 Å². The number of nitrogens with two attached hydrogens (primary N) is 1. The minimum absolute atomic E-state index is 0.0782. The number of furan rings is 1. The maximum atomic E-state index is 6.39. The van der Waals surface area contributed by atoms with Crippen LogP contribution in [0.3, 0.4) is 0 Å². The van der Waals surface area contributed by atoms with E-state index in [0.29, 0.717) is 0 Å². The Morgan fingerprint density at radius 1 is 1.05 bits per heavy atom. The zero-order chi connectivity index (χ0) is 13.1. The molecule has 1 unspecified atom stereocenters. The Hall–Kier alpha value is -1.54. The van der Waals surface area contributed by atoms with Crippen LogP contribution in [0.1, 0.15) is 50.3 Å². The standard InChI is InChI=1S/C17H21NO/c18-17(13-8-4-2-1-3-5-9-13)16-12-14-10-6-7-11-15(14)19-16/h6-8,10-12,17H,1-5,9,18H2/b13-8+. The monoisotopic (exact) mass is 255 g/mol. The van der Waals surface area contributed by atoms with Crippen LogP contribution in [-0.2, 0) is 0 Å². The summed E-state index contributed by atoms with van der Waals surface area (Å²) >= 11 is 0. The second-order valence-corrected chi connectivity index (χ2v) is 5.40. The maximum Gasteiger partial charge on any atom is 0.134 e. The molecule has 0 bridgehead atoms. The van der Waals surface area contributed by atoms with Crippen molar-refractivity contribution in [2.24, 2.45) is 5.73 Å². The van der Waals surface area contributed by atoms with Crippen molar-refractivity contribution < 1.29 is 4.42 Å². The van der Waals surface area contributed by atoms with Gasteiger partial charge in [-0.15, -0.1) is 0 Å². The Morgan fingerprint density at radius 2 is 1.89 bits per heavy atom. The minimum Gasteiger partial charge on any atom is -0.459 e. The van der Waals surface area contributed by atoms with E-state index >= 15 is 0 Å². The molecule has 0 fully saturated rings. The Bertz CT molecular complexity index is 549. The second kappa shape index (κ2) is 5.62. The van der Waals surface area contributed by atoms with Crippen molar-refractivity contribution >= 4 is 11.0 Å². The van der Waals surface area contributed by atoms with Crippen molar-refractivity contribution in [1.29, 1.82) is 0 Å². The number of allylic oxidation sites excluding steroid dienone is 1. The lowest BCUT2D eigenvalue weighted by Gasteiger charge is -2.16. The fourth-order valence-corrected chi connectivity index (χ4v) is 2.84. The molecule has 2 N–H and O–H groups in total. The molecule has 1 heterocycles. The molecule has 2 heteroatoms. The Labute approximate surface area is 114 Å². The average molecular weight is 255 g/mol. The number of fused-ring (bicyclic) bond motifs is 1. The van der Waals surface area contributed by atoms with E-state index < -0.39 is 0 Å². The molecule has 3 rings (SSSR count). The summed E-state index contributed by atoms with van der Waals surface area (Å²) in [7, 11) is 0. The summed E-state index contributed by atoms with van der Waals surface area (Å²) in [5.41, 5.74) is 8.67. The van der Waals surface area contributed by atoms with Crippen LogP contribution in [0.5, 0.6) is 0 Å². The molecule has 0 saturated heterocycles. The maximum absolute atomic E-state index is 6.39. The Morgan fingerprint density at radius 3 is 2.79 bits per heavy atom. The SMILES string of the molecule is NC(/C1=C/CCCCCC1)c1cc2ccccc2o1. The highest BCUT2D eigenvalue weighted by atomic mass is 16.3. The number of benzene rings is 1. The van der Waals surface area contributed by atoms with Crippen LogP contribution < -0.4 is 5.73 Å². The first-order chi connectivity index (χ1) is 9.34. The molecular weight excluding hydrogens is 234 g/mol. The van der Waals surface area contributed by atoms with E-state index in [4.69, 9.17) is 10.2 Å². The molecule has 2 aromatic rings. The van der Waals surface area contributed by atoms with Crippen LogP contribution in [-0.4, -0.2) is 0 Å². The van der Waals surface area contributed by atoms with Gasteiger partial charge in [0.15, 0.2) is 0 Å². The van der Waals surface area contributed by atoms with Gasteiger partial charge < -0.3 is 10.2 Å². The van der Waals surface area contributed by atoms with E-state index in [1.54, 1.807) is 0 Å². The topological polar surface area (TPSA) is 39.2 Å². The van der Waals surface area contributed by atoms with Gasteiger partial charge in [0.1, 0.15) is 11.3 Å². The fraction of sp³-hybridized carbons (Fsp3) is 0.412. The van der Waals surface area contributed by atoms with Gasteiger partial charge in [-0.2, -0.15) is 0 Å². The highest BCUT2D eigenvalue weighted by Crippen LogP contribution is 2.30. The summed E-state index contributed by atoms with van der Waals surface area (Å²) in [6.45, 7) is 0. The molecule has 0 spiro atoms. The summed E-state index contributed by atoms with van der Waals surface area (Å²) < 4.78 is 5.89. The number of rotatable bonds is 2. The summed E-state index contributed by atoms with van der Waals surface area (Å²) in [4.78, 5) is 0. The molecule has 1 atom stereocenters. The Balaban J connectivity index is 1.87. The lowest BCUT2D eigenvalue weighted by atomic mass is 9.94. The average Bonchev–Trinajstić information content (AvgIpc) is 2.81. The number of para-hydroxylation sites is 1. The smallest absolute Gasteiger partial charge is 0.134 e. The zero-order valence-electron chi connectivity index (χ0n) is 11.3. The van der Waals surface area contributed by atoms with E-state index in [2.05, 4.69) is 18.2 Å². The first kappa shape index (κ1) is 12.5. The van der Waals surface area contributed by atoms with Crippen LogP contribution >= 0.6 is 0 Å². The highest BCUT2D eigenvalue weighted by Gasteiger charge is 2.16. The molecule has 1 aliphatic carbocycles. The third kappa shape index (κ3) is 2.74. The van der Waals surface area contributed by atoms with Gasteiger partial charge in [-0.3, -0.25) is 0 Å². The van der Waals surface area contributed by atoms with Crippen LogP contribution in [0, 0.1) is 0 Å². The highest BCUT2D eigenvalue weighted by molar-refractivity contribution is 5.77. The molecule has 100 valence electrons. The fourth-order valence-electron chi connectivity index (χ4n) is 2.84. The predicted molar refractivity (Wildman–Crippen MR) is 78.9 cm³/mol. The quantitative estimate of drug-likeness (QED) is 0.789. The van der Waals surface area contributed by atoms with E-state index in [0.717, 1.165) is 29.6 Å². The lowest BCUT2D eigenvalue weighted by Crippen LogP contribution is -2.13. The molecule has 1 aromatic carbocycles. The molecule has 19 heavy (non-hydrogen) atoms. The van der Waals surface area contributed by atoms with Crippen molar-refractivity contribution in [2.75, 3.05) is 0 Å². The van der Waals surface area contributed by atoms with Gasteiger partial charge >= 0.3 is 0 Å². The van der Waals surface area contributed by atoms with Crippen LogP contribution in [0.2, 0.25) is 0 Å². The van der Waals surface area contributed by atoms with Gasteiger partial charge in [0, 0.05) is 5.39 Å². The number of hydrogen-bond donors (Lipinski definition) is 1. The van der Waals surface area contributed by atoms with Crippen molar-refractivity contribution in [1.82, 2.24) is 0 Å². The Kier molecular flexibility index (Phi) is 3.69. The van der Waals surface area contributed by atoms with Gasteiger partial charge in [0.05, 0.1) is 6.04 Å². The minimum atomic E-state index is -0.0782. The summed E-state index contributed by atoms with van der Waals surface area (Å²) in [5, 5.41) is 1.14. The molecule has 1 aliphatic rings. The summed E-state index contributed by atoms with van der Waals surface area (Å²) in [5.74, 6) is 0.896. The van der Waals surface area contributed by atoms with Crippen LogP contribution in [0.25, 0.3) is 11.0 Å². The number of hydrogen-bond acceptors (Lipinski definition) is 2. The normalized spacial score (nSPS) is 21.4. The largest absolute Gasteiger partial charge is 0.459 e.